The molecule has 1 rings (SSSR count). The summed E-state index contributed by atoms with van der Waals surface area (Å²) in [7, 11) is 0. The van der Waals surface area contributed by atoms with E-state index in [1.165, 1.54) is 0 Å². The van der Waals surface area contributed by atoms with Gasteiger partial charge in [0.1, 0.15) is 5.82 Å². The molecule has 18 heavy (non-hydrogen) atoms. The van der Waals surface area contributed by atoms with E-state index < -0.39 is 0 Å². The number of nitrogens with zero attached hydrogens (tertiary/aromatic N) is 2. The van der Waals surface area contributed by atoms with Crippen LogP contribution in [0.2, 0.25) is 0 Å². The number of hydrogen-bond acceptors (Lipinski definition) is 5. The van der Waals surface area contributed by atoms with E-state index in [1.807, 2.05) is 27.7 Å². The Kier molecular flexibility index (Phi) is 5.81. The summed E-state index contributed by atoms with van der Waals surface area (Å²) in [6, 6.07) is 0. The van der Waals surface area contributed by atoms with E-state index in [1.54, 1.807) is 6.20 Å². The highest BCUT2D eigenvalue weighted by atomic mass is 79.9. The zero-order valence-electron chi connectivity index (χ0n) is 11.4. The van der Waals surface area contributed by atoms with E-state index in [-0.39, 0.29) is 5.60 Å². The molecule has 0 radical (unpaired) electrons. The van der Waals surface area contributed by atoms with Gasteiger partial charge in [-0.25, -0.2) is 4.98 Å². The van der Waals surface area contributed by atoms with Crippen molar-refractivity contribution in [3.8, 4) is 0 Å². The molecule has 0 aliphatic heterocycles. The van der Waals surface area contributed by atoms with Crippen LogP contribution >= 0.6 is 15.9 Å². The van der Waals surface area contributed by atoms with Crippen molar-refractivity contribution in [2.24, 2.45) is 0 Å². The van der Waals surface area contributed by atoms with Crippen LogP contribution in [0.3, 0.4) is 0 Å². The van der Waals surface area contributed by atoms with Crippen LogP contribution in [0.25, 0.3) is 0 Å². The summed E-state index contributed by atoms with van der Waals surface area (Å²) in [5.74, 6) is 1.39. The normalized spacial score (nSPS) is 11.4. The predicted octanol–water partition coefficient (Wildman–Crippen LogP) is 2.90. The minimum Gasteiger partial charge on any atom is -0.374 e. The number of nitrogens with one attached hydrogen (secondary N) is 2. The van der Waals surface area contributed by atoms with Gasteiger partial charge in [-0.1, -0.05) is 0 Å². The monoisotopic (exact) mass is 316 g/mol. The summed E-state index contributed by atoms with van der Waals surface area (Å²) in [6.45, 7) is 10.3. The summed E-state index contributed by atoms with van der Waals surface area (Å²) >= 11 is 3.43. The molecule has 0 aliphatic carbocycles. The van der Waals surface area contributed by atoms with Crippen molar-refractivity contribution in [3.63, 3.8) is 0 Å². The molecule has 0 spiro atoms. The van der Waals surface area contributed by atoms with Crippen LogP contribution in [0, 0.1) is 0 Å². The summed E-state index contributed by atoms with van der Waals surface area (Å²) < 4.78 is 6.48. The van der Waals surface area contributed by atoms with Gasteiger partial charge in [0.15, 0.2) is 0 Å². The number of hydrogen-bond donors (Lipinski definition) is 2. The molecule has 0 saturated carbocycles. The maximum absolute atomic E-state index is 5.63. The highest BCUT2D eigenvalue weighted by Crippen LogP contribution is 2.21. The molecule has 1 heterocycles. The second-order valence-electron chi connectivity index (χ2n) is 4.47. The lowest BCUT2D eigenvalue weighted by Crippen LogP contribution is -2.33. The van der Waals surface area contributed by atoms with Crippen molar-refractivity contribution in [2.45, 2.75) is 33.3 Å². The fourth-order valence-electron chi connectivity index (χ4n) is 1.47. The molecular weight excluding hydrogens is 296 g/mol. The Balaban J connectivity index is 2.68. The Morgan fingerprint density at radius 3 is 2.67 bits per heavy atom. The Morgan fingerprint density at radius 1 is 1.33 bits per heavy atom. The minimum atomic E-state index is -0.225. The van der Waals surface area contributed by atoms with Crippen LogP contribution in [0.5, 0.6) is 0 Å². The second kappa shape index (κ2) is 6.89. The lowest BCUT2D eigenvalue weighted by atomic mass is 10.1. The number of ether oxygens (including phenoxy) is 1. The van der Waals surface area contributed by atoms with Crippen LogP contribution in [0.4, 0.5) is 11.8 Å². The third kappa shape index (κ3) is 4.78. The molecule has 0 unspecified atom stereocenters. The topological polar surface area (TPSA) is 59.1 Å². The molecule has 5 nitrogen and oxygen atoms in total. The van der Waals surface area contributed by atoms with Crippen molar-refractivity contribution in [2.75, 3.05) is 30.3 Å². The van der Waals surface area contributed by atoms with Crippen LogP contribution in [-0.2, 0) is 4.74 Å². The van der Waals surface area contributed by atoms with Gasteiger partial charge in [0.05, 0.1) is 10.1 Å². The quantitative estimate of drug-likeness (QED) is 0.810. The molecule has 0 atom stereocenters. The van der Waals surface area contributed by atoms with E-state index in [4.69, 9.17) is 4.74 Å². The number of rotatable bonds is 7. The van der Waals surface area contributed by atoms with Gasteiger partial charge < -0.3 is 15.4 Å². The first-order chi connectivity index (χ1) is 8.48. The lowest BCUT2D eigenvalue weighted by molar-refractivity contribution is 0.000632. The third-order valence-corrected chi connectivity index (χ3v) is 2.88. The minimum absolute atomic E-state index is 0.225. The number of anilines is 2. The van der Waals surface area contributed by atoms with Crippen LogP contribution in [0.15, 0.2) is 10.7 Å². The first kappa shape index (κ1) is 15.2. The smallest absolute Gasteiger partial charge is 0.224 e. The molecule has 0 fully saturated rings. The van der Waals surface area contributed by atoms with Gasteiger partial charge in [0, 0.05) is 25.9 Å². The van der Waals surface area contributed by atoms with E-state index in [0.717, 1.165) is 16.8 Å². The largest absolute Gasteiger partial charge is 0.374 e. The van der Waals surface area contributed by atoms with Gasteiger partial charge in [-0.2, -0.15) is 4.98 Å². The fourth-order valence-corrected chi connectivity index (χ4v) is 1.80. The van der Waals surface area contributed by atoms with E-state index in [0.29, 0.717) is 19.1 Å². The molecule has 0 aliphatic rings. The van der Waals surface area contributed by atoms with Crippen LogP contribution < -0.4 is 10.6 Å². The lowest BCUT2D eigenvalue weighted by Gasteiger charge is -2.25. The molecule has 2 N–H and O–H groups in total. The highest BCUT2D eigenvalue weighted by Gasteiger charge is 2.18. The molecule has 0 aromatic carbocycles. The summed E-state index contributed by atoms with van der Waals surface area (Å²) in [6.07, 6.45) is 1.74. The molecule has 1 aromatic rings. The van der Waals surface area contributed by atoms with E-state index >= 15 is 0 Å². The van der Waals surface area contributed by atoms with Crippen molar-refractivity contribution in [1.29, 1.82) is 0 Å². The maximum atomic E-state index is 5.63. The van der Waals surface area contributed by atoms with Gasteiger partial charge >= 0.3 is 0 Å². The Morgan fingerprint density at radius 2 is 2.06 bits per heavy atom. The zero-order chi connectivity index (χ0) is 13.6. The van der Waals surface area contributed by atoms with Gasteiger partial charge in [-0.05, 0) is 43.6 Å². The Hall–Kier alpha value is -0.880. The van der Waals surface area contributed by atoms with Crippen molar-refractivity contribution in [1.82, 2.24) is 9.97 Å². The van der Waals surface area contributed by atoms with Crippen LogP contribution in [0.1, 0.15) is 27.7 Å². The molecular formula is C12H21BrN4O. The average molecular weight is 317 g/mol. The van der Waals surface area contributed by atoms with Crippen LogP contribution in [-0.4, -0.2) is 35.3 Å². The molecule has 0 amide bonds. The second-order valence-corrected chi connectivity index (χ2v) is 5.32. The third-order valence-electron chi connectivity index (χ3n) is 2.30. The van der Waals surface area contributed by atoms with E-state index in [9.17, 15) is 0 Å². The first-order valence-electron chi connectivity index (χ1n) is 6.12. The van der Waals surface area contributed by atoms with Gasteiger partial charge in [-0.15, -0.1) is 0 Å². The molecule has 0 bridgehead atoms. The average Bonchev–Trinajstić information content (AvgIpc) is 2.30. The van der Waals surface area contributed by atoms with Crippen molar-refractivity contribution < 1.29 is 4.74 Å². The van der Waals surface area contributed by atoms with E-state index in [2.05, 4.69) is 36.5 Å². The Labute approximate surface area is 117 Å². The molecule has 6 heteroatoms. The maximum Gasteiger partial charge on any atom is 0.224 e. The summed E-state index contributed by atoms with van der Waals surface area (Å²) in [4.78, 5) is 8.56. The van der Waals surface area contributed by atoms with Crippen molar-refractivity contribution in [3.05, 3.63) is 10.7 Å². The van der Waals surface area contributed by atoms with Crippen molar-refractivity contribution >= 4 is 27.7 Å². The van der Waals surface area contributed by atoms with Gasteiger partial charge in [-0.3, -0.25) is 0 Å². The molecule has 102 valence electrons. The standard InChI is InChI=1S/C12H21BrN4O/c1-5-14-11-15-7-9(13)10(17-11)16-8-12(3,4)18-6-2/h7H,5-6,8H2,1-4H3,(H2,14,15,16,17). The first-order valence-corrected chi connectivity index (χ1v) is 6.92. The summed E-state index contributed by atoms with van der Waals surface area (Å²) in [5.41, 5.74) is -0.225. The zero-order valence-corrected chi connectivity index (χ0v) is 13.0. The number of halogens is 1. The SMILES string of the molecule is CCNc1ncc(Br)c(NCC(C)(C)OCC)n1. The molecule has 1 aromatic heterocycles. The van der Waals surface area contributed by atoms with Gasteiger partial charge in [0.25, 0.3) is 0 Å². The Bertz CT molecular complexity index is 384. The fraction of sp³-hybridized carbons (Fsp3) is 0.667. The van der Waals surface area contributed by atoms with Gasteiger partial charge in [0.2, 0.25) is 5.95 Å². The highest BCUT2D eigenvalue weighted by molar-refractivity contribution is 9.10. The summed E-state index contributed by atoms with van der Waals surface area (Å²) in [5, 5.41) is 6.36. The predicted molar refractivity (Wildman–Crippen MR) is 78.1 cm³/mol. The number of aromatic nitrogens is 2. The molecule has 0 saturated heterocycles.